The third-order valence-electron chi connectivity index (χ3n) is 3.81. The van der Waals surface area contributed by atoms with Gasteiger partial charge in [0.05, 0.1) is 4.92 Å². The van der Waals surface area contributed by atoms with Gasteiger partial charge in [0, 0.05) is 24.8 Å². The summed E-state index contributed by atoms with van der Waals surface area (Å²) in [6.45, 7) is 2.03. The van der Waals surface area contributed by atoms with Gasteiger partial charge in [-0.2, -0.15) is 0 Å². The highest BCUT2D eigenvalue weighted by Gasteiger charge is 2.09. The molecule has 1 amide bonds. The predicted octanol–water partition coefficient (Wildman–Crippen LogP) is 3.07. The molecule has 0 spiro atoms. The van der Waals surface area contributed by atoms with Gasteiger partial charge in [0.25, 0.3) is 11.6 Å². The number of ether oxygens (including phenoxy) is 1. The van der Waals surface area contributed by atoms with E-state index in [-0.39, 0.29) is 18.2 Å². The Morgan fingerprint density at radius 1 is 1.19 bits per heavy atom. The normalized spacial score (nSPS) is 11.7. The van der Waals surface area contributed by atoms with E-state index in [1.807, 2.05) is 37.3 Å². The first kappa shape index (κ1) is 19.8. The Balaban J connectivity index is 1.75. The molecule has 0 aromatic heterocycles. The van der Waals surface area contributed by atoms with E-state index in [1.165, 1.54) is 24.3 Å². The van der Waals surface area contributed by atoms with E-state index in [0.717, 1.165) is 11.6 Å². The van der Waals surface area contributed by atoms with Gasteiger partial charge in [0.2, 0.25) is 0 Å². The average Bonchev–Trinajstić information content (AvgIpc) is 2.69. The smallest absolute Gasteiger partial charge is 0.331 e. The number of nitrogens with one attached hydrogen (secondary N) is 1. The molecule has 7 heteroatoms. The zero-order valence-electron chi connectivity index (χ0n) is 14.8. The number of nitro benzene ring substituents is 1. The molecule has 0 aliphatic carbocycles. The van der Waals surface area contributed by atoms with Crippen LogP contribution < -0.4 is 5.32 Å². The summed E-state index contributed by atoms with van der Waals surface area (Å²) in [5.74, 6) is -0.956. The van der Waals surface area contributed by atoms with Gasteiger partial charge in [-0.05, 0) is 23.1 Å². The maximum absolute atomic E-state index is 11.8. The van der Waals surface area contributed by atoms with Crippen LogP contribution in [0.4, 0.5) is 5.69 Å². The summed E-state index contributed by atoms with van der Waals surface area (Å²) in [6, 6.07) is 15.6. The van der Waals surface area contributed by atoms with Crippen LogP contribution in [0, 0.1) is 10.1 Å². The number of nitro groups is 1. The molecule has 1 N–H and O–H groups in total. The third-order valence-corrected chi connectivity index (χ3v) is 3.81. The Kier molecular flexibility index (Phi) is 7.25. The maximum Gasteiger partial charge on any atom is 0.331 e. The summed E-state index contributed by atoms with van der Waals surface area (Å²) >= 11 is 0. The van der Waals surface area contributed by atoms with Crippen LogP contribution in [0.15, 0.2) is 60.7 Å². The monoisotopic (exact) mass is 368 g/mol. The number of carbonyl (C=O) groups excluding carboxylic acids is 2. The van der Waals surface area contributed by atoms with E-state index in [0.29, 0.717) is 12.1 Å². The molecule has 2 aromatic carbocycles. The van der Waals surface area contributed by atoms with Crippen molar-refractivity contribution in [2.75, 3.05) is 13.2 Å². The Labute approximate surface area is 156 Å². The van der Waals surface area contributed by atoms with E-state index >= 15 is 0 Å². The summed E-state index contributed by atoms with van der Waals surface area (Å²) in [5, 5.41) is 13.4. The van der Waals surface area contributed by atoms with Crippen LogP contribution in [0.25, 0.3) is 6.08 Å². The van der Waals surface area contributed by atoms with Gasteiger partial charge in [0.1, 0.15) is 0 Å². The first-order chi connectivity index (χ1) is 13.0. The van der Waals surface area contributed by atoms with Crippen LogP contribution in [0.2, 0.25) is 0 Å². The molecule has 7 nitrogen and oxygen atoms in total. The molecule has 0 heterocycles. The first-order valence-electron chi connectivity index (χ1n) is 8.36. The summed E-state index contributed by atoms with van der Waals surface area (Å²) in [6.07, 6.45) is 2.52. The van der Waals surface area contributed by atoms with Crippen molar-refractivity contribution in [3.8, 4) is 0 Å². The lowest BCUT2D eigenvalue weighted by molar-refractivity contribution is -0.384. The fourth-order valence-corrected chi connectivity index (χ4v) is 2.31. The number of nitrogens with zero attached hydrogens (tertiary/aromatic N) is 1. The third kappa shape index (κ3) is 6.74. The minimum atomic E-state index is -0.701. The number of hydrogen-bond acceptors (Lipinski definition) is 5. The molecule has 2 rings (SSSR count). The number of carbonyl (C=O) groups is 2. The lowest BCUT2D eigenvalue weighted by atomic mass is 10.0. The quantitative estimate of drug-likeness (QED) is 0.334. The summed E-state index contributed by atoms with van der Waals surface area (Å²) in [4.78, 5) is 33.7. The van der Waals surface area contributed by atoms with Gasteiger partial charge < -0.3 is 10.1 Å². The molecule has 27 heavy (non-hydrogen) atoms. The highest BCUT2D eigenvalue weighted by atomic mass is 16.6. The second-order valence-electron chi connectivity index (χ2n) is 5.91. The van der Waals surface area contributed by atoms with Crippen LogP contribution in [0.3, 0.4) is 0 Å². The zero-order chi connectivity index (χ0) is 19.6. The molecule has 0 saturated carbocycles. The minimum absolute atomic E-state index is 0.0718. The van der Waals surface area contributed by atoms with Crippen LogP contribution in [-0.4, -0.2) is 30.0 Å². The second kappa shape index (κ2) is 9.86. The van der Waals surface area contributed by atoms with Crippen molar-refractivity contribution in [3.05, 3.63) is 81.9 Å². The predicted molar refractivity (Wildman–Crippen MR) is 101 cm³/mol. The molecule has 0 saturated heterocycles. The number of esters is 1. The number of amides is 1. The molecule has 1 atom stereocenters. The molecule has 0 bridgehead atoms. The standard InChI is InChI=1S/C20H20N2O5/c1-15(17-7-3-2-4-8-17)13-21-19(23)14-27-20(24)11-10-16-6-5-9-18(12-16)22(25)26/h2-12,15H,13-14H2,1H3,(H,21,23)/b11-10+/t15-/m1/s1. The fourth-order valence-electron chi connectivity index (χ4n) is 2.31. The lowest BCUT2D eigenvalue weighted by Crippen LogP contribution is -2.31. The van der Waals surface area contributed by atoms with E-state index in [2.05, 4.69) is 5.32 Å². The van der Waals surface area contributed by atoms with E-state index in [1.54, 1.807) is 6.07 Å². The van der Waals surface area contributed by atoms with Crippen molar-refractivity contribution >= 4 is 23.6 Å². The van der Waals surface area contributed by atoms with E-state index in [9.17, 15) is 19.7 Å². The molecule has 0 aliphatic heterocycles. The molecule has 2 aromatic rings. The molecule has 0 aliphatic rings. The highest BCUT2D eigenvalue weighted by Crippen LogP contribution is 2.14. The van der Waals surface area contributed by atoms with Gasteiger partial charge in [-0.15, -0.1) is 0 Å². The van der Waals surface area contributed by atoms with Crippen LogP contribution in [0.5, 0.6) is 0 Å². The maximum atomic E-state index is 11.8. The Bertz CT molecular complexity index is 833. The largest absolute Gasteiger partial charge is 0.452 e. The van der Waals surface area contributed by atoms with Gasteiger partial charge in [-0.1, -0.05) is 49.4 Å². The Morgan fingerprint density at radius 2 is 1.93 bits per heavy atom. The van der Waals surface area contributed by atoms with Crippen LogP contribution in [0.1, 0.15) is 24.0 Å². The van der Waals surface area contributed by atoms with Gasteiger partial charge in [-0.25, -0.2) is 4.79 Å². The Morgan fingerprint density at radius 3 is 2.63 bits per heavy atom. The summed E-state index contributed by atoms with van der Waals surface area (Å²) in [7, 11) is 0. The molecular weight excluding hydrogens is 348 g/mol. The van der Waals surface area contributed by atoms with Gasteiger partial charge in [0.15, 0.2) is 6.61 Å². The number of rotatable bonds is 8. The van der Waals surface area contributed by atoms with Crippen molar-refractivity contribution in [1.82, 2.24) is 5.32 Å². The number of benzene rings is 2. The SMILES string of the molecule is C[C@H](CNC(=O)COC(=O)/C=C/c1cccc([N+](=O)[O-])c1)c1ccccc1. The van der Waals surface area contributed by atoms with Gasteiger partial charge in [-0.3, -0.25) is 14.9 Å². The van der Waals surface area contributed by atoms with Crippen LogP contribution >= 0.6 is 0 Å². The van der Waals surface area contributed by atoms with Crippen molar-refractivity contribution in [2.45, 2.75) is 12.8 Å². The summed E-state index contributed by atoms with van der Waals surface area (Å²) < 4.78 is 4.87. The summed E-state index contributed by atoms with van der Waals surface area (Å²) in [5.41, 5.74) is 1.52. The van der Waals surface area contributed by atoms with Crippen molar-refractivity contribution < 1.29 is 19.2 Å². The van der Waals surface area contributed by atoms with E-state index in [4.69, 9.17) is 4.74 Å². The molecule has 0 unspecified atom stereocenters. The number of non-ortho nitro benzene ring substituents is 1. The van der Waals surface area contributed by atoms with Crippen LogP contribution in [-0.2, 0) is 14.3 Å². The Hall–Kier alpha value is -3.48. The van der Waals surface area contributed by atoms with Crippen molar-refractivity contribution in [2.24, 2.45) is 0 Å². The second-order valence-corrected chi connectivity index (χ2v) is 5.91. The highest BCUT2D eigenvalue weighted by molar-refractivity contribution is 5.89. The van der Waals surface area contributed by atoms with Gasteiger partial charge >= 0.3 is 5.97 Å². The zero-order valence-corrected chi connectivity index (χ0v) is 14.8. The van der Waals surface area contributed by atoms with Crippen molar-refractivity contribution in [1.29, 1.82) is 0 Å². The van der Waals surface area contributed by atoms with E-state index < -0.39 is 16.8 Å². The molecular formula is C20H20N2O5. The molecule has 0 fully saturated rings. The molecule has 140 valence electrons. The lowest BCUT2D eigenvalue weighted by Gasteiger charge is -2.12. The fraction of sp³-hybridized carbons (Fsp3) is 0.200. The molecule has 0 radical (unpaired) electrons. The first-order valence-corrected chi connectivity index (χ1v) is 8.36. The number of hydrogen-bond donors (Lipinski definition) is 1. The minimum Gasteiger partial charge on any atom is -0.452 e. The van der Waals surface area contributed by atoms with Crippen molar-refractivity contribution in [3.63, 3.8) is 0 Å². The average molecular weight is 368 g/mol. The topological polar surface area (TPSA) is 98.5 Å².